The number of nitrogens with one attached hydrogen (secondary N) is 1. The predicted molar refractivity (Wildman–Crippen MR) is 49.6 cm³/mol. The second kappa shape index (κ2) is 4.35. The summed E-state index contributed by atoms with van der Waals surface area (Å²) in [6.07, 6.45) is 8.79. The van der Waals surface area contributed by atoms with E-state index in [4.69, 9.17) is 0 Å². The third-order valence-electron chi connectivity index (χ3n) is 2.24. The molecule has 0 aliphatic carbocycles. The fraction of sp³-hybridized carbons (Fsp3) is 0.600. The molecule has 0 saturated carbocycles. The molecule has 0 aromatic heterocycles. The van der Waals surface area contributed by atoms with Crippen LogP contribution in [-0.2, 0) is 0 Å². The van der Waals surface area contributed by atoms with Crippen molar-refractivity contribution in [2.75, 3.05) is 0 Å². The fourth-order valence-electron chi connectivity index (χ4n) is 1.68. The van der Waals surface area contributed by atoms with Gasteiger partial charge in [-0.1, -0.05) is 12.2 Å². The Morgan fingerprint density at radius 2 is 1.55 bits per heavy atom. The second-order valence-corrected chi connectivity index (χ2v) is 3.19. The first-order chi connectivity index (χ1) is 5.36. The maximum atomic E-state index is 3.74. The normalized spacial score (nSPS) is 30.2. The Morgan fingerprint density at radius 1 is 1.09 bits per heavy atom. The molecule has 1 saturated heterocycles. The van der Waals surface area contributed by atoms with Crippen LogP contribution in [0.2, 0.25) is 0 Å². The molecule has 1 rings (SSSR count). The zero-order valence-electron chi connectivity index (χ0n) is 7.05. The highest BCUT2D eigenvalue weighted by Crippen LogP contribution is 2.17. The highest BCUT2D eigenvalue weighted by atomic mass is 15.0. The molecule has 0 aromatic rings. The van der Waals surface area contributed by atoms with E-state index in [2.05, 4.69) is 18.5 Å². The van der Waals surface area contributed by atoms with Gasteiger partial charge >= 0.3 is 0 Å². The summed E-state index contributed by atoms with van der Waals surface area (Å²) in [4.78, 5) is 0. The number of rotatable bonds is 4. The van der Waals surface area contributed by atoms with Crippen LogP contribution in [0.4, 0.5) is 0 Å². The summed E-state index contributed by atoms with van der Waals surface area (Å²) in [6, 6.07) is 1.36. The van der Waals surface area contributed by atoms with E-state index in [0.29, 0.717) is 12.1 Å². The third-order valence-corrected chi connectivity index (χ3v) is 2.24. The van der Waals surface area contributed by atoms with E-state index in [1.54, 1.807) is 0 Å². The van der Waals surface area contributed by atoms with Gasteiger partial charge in [0.1, 0.15) is 0 Å². The largest absolute Gasteiger partial charge is 0.311 e. The Hall–Kier alpha value is -0.560. The van der Waals surface area contributed by atoms with Gasteiger partial charge < -0.3 is 5.32 Å². The van der Waals surface area contributed by atoms with Gasteiger partial charge in [0.25, 0.3) is 0 Å². The van der Waals surface area contributed by atoms with Crippen molar-refractivity contribution in [3.8, 4) is 0 Å². The van der Waals surface area contributed by atoms with Crippen molar-refractivity contribution < 1.29 is 0 Å². The summed E-state index contributed by atoms with van der Waals surface area (Å²) in [5.41, 5.74) is 0. The molecule has 0 bridgehead atoms. The minimum atomic E-state index is 0.678. The lowest BCUT2D eigenvalue weighted by atomic mass is 10.1. The molecule has 1 aliphatic heterocycles. The summed E-state index contributed by atoms with van der Waals surface area (Å²) < 4.78 is 0. The molecule has 1 heteroatoms. The molecule has 0 amide bonds. The van der Waals surface area contributed by atoms with Crippen LogP contribution >= 0.6 is 0 Å². The van der Waals surface area contributed by atoms with Gasteiger partial charge in [0.05, 0.1) is 0 Å². The smallest absolute Gasteiger partial charge is 0.0105 e. The summed E-state index contributed by atoms with van der Waals surface area (Å²) in [6.45, 7) is 7.47. The molecular weight excluding hydrogens is 134 g/mol. The molecule has 0 aromatic carbocycles. The summed E-state index contributed by atoms with van der Waals surface area (Å²) in [7, 11) is 0. The molecule has 2 atom stereocenters. The lowest BCUT2D eigenvalue weighted by Crippen LogP contribution is -2.28. The van der Waals surface area contributed by atoms with Crippen LogP contribution in [-0.4, -0.2) is 12.1 Å². The molecule has 1 fully saturated rings. The molecule has 0 unspecified atom stereocenters. The molecule has 1 heterocycles. The van der Waals surface area contributed by atoms with Gasteiger partial charge in [-0.05, 0) is 25.7 Å². The van der Waals surface area contributed by atoms with Crippen molar-refractivity contribution in [1.29, 1.82) is 0 Å². The van der Waals surface area contributed by atoms with E-state index in [1.807, 2.05) is 12.2 Å². The number of hydrogen-bond acceptors (Lipinski definition) is 1. The Labute approximate surface area is 69.2 Å². The number of hydrogen-bond donors (Lipinski definition) is 1. The van der Waals surface area contributed by atoms with Crippen LogP contribution in [0.15, 0.2) is 25.3 Å². The molecule has 0 radical (unpaired) electrons. The minimum absolute atomic E-state index is 0.678. The summed E-state index contributed by atoms with van der Waals surface area (Å²) in [5, 5.41) is 3.55. The van der Waals surface area contributed by atoms with E-state index >= 15 is 0 Å². The molecule has 1 N–H and O–H groups in total. The van der Waals surface area contributed by atoms with Gasteiger partial charge in [-0.3, -0.25) is 0 Å². The van der Waals surface area contributed by atoms with Gasteiger partial charge in [0.15, 0.2) is 0 Å². The van der Waals surface area contributed by atoms with Gasteiger partial charge in [-0.2, -0.15) is 0 Å². The molecule has 11 heavy (non-hydrogen) atoms. The van der Waals surface area contributed by atoms with Gasteiger partial charge in [-0.15, -0.1) is 13.2 Å². The van der Waals surface area contributed by atoms with Crippen LogP contribution in [0.25, 0.3) is 0 Å². The van der Waals surface area contributed by atoms with Crippen LogP contribution < -0.4 is 5.32 Å². The van der Waals surface area contributed by atoms with Crippen molar-refractivity contribution >= 4 is 0 Å². The van der Waals surface area contributed by atoms with E-state index < -0.39 is 0 Å². The molecule has 1 nitrogen and oxygen atoms in total. The summed E-state index contributed by atoms with van der Waals surface area (Å²) >= 11 is 0. The first-order valence-electron chi connectivity index (χ1n) is 4.34. The highest BCUT2D eigenvalue weighted by Gasteiger charge is 2.20. The monoisotopic (exact) mass is 151 g/mol. The van der Waals surface area contributed by atoms with Crippen molar-refractivity contribution in [3.63, 3.8) is 0 Å². The first kappa shape index (κ1) is 8.54. The topological polar surface area (TPSA) is 12.0 Å². The van der Waals surface area contributed by atoms with Gasteiger partial charge in [0.2, 0.25) is 0 Å². The van der Waals surface area contributed by atoms with Gasteiger partial charge in [-0.25, -0.2) is 0 Å². The van der Waals surface area contributed by atoms with Crippen molar-refractivity contribution in [3.05, 3.63) is 25.3 Å². The quantitative estimate of drug-likeness (QED) is 0.608. The van der Waals surface area contributed by atoms with E-state index in [9.17, 15) is 0 Å². The van der Waals surface area contributed by atoms with E-state index in [1.165, 1.54) is 12.8 Å². The maximum Gasteiger partial charge on any atom is 0.0105 e. The van der Waals surface area contributed by atoms with Crippen LogP contribution in [0.1, 0.15) is 25.7 Å². The lowest BCUT2D eigenvalue weighted by molar-refractivity contribution is 0.544. The zero-order chi connectivity index (χ0) is 8.10. The third kappa shape index (κ3) is 2.51. The minimum Gasteiger partial charge on any atom is -0.311 e. The average Bonchev–Trinajstić information content (AvgIpc) is 2.38. The van der Waals surface area contributed by atoms with Crippen molar-refractivity contribution in [2.24, 2.45) is 0 Å². The predicted octanol–water partition coefficient (Wildman–Crippen LogP) is 2.26. The van der Waals surface area contributed by atoms with Crippen LogP contribution in [0, 0.1) is 0 Å². The average molecular weight is 151 g/mol. The van der Waals surface area contributed by atoms with Crippen molar-refractivity contribution in [1.82, 2.24) is 5.32 Å². The van der Waals surface area contributed by atoms with E-state index in [0.717, 1.165) is 12.8 Å². The fourth-order valence-corrected chi connectivity index (χ4v) is 1.68. The van der Waals surface area contributed by atoms with Crippen LogP contribution in [0.5, 0.6) is 0 Å². The zero-order valence-corrected chi connectivity index (χ0v) is 7.05. The summed E-state index contributed by atoms with van der Waals surface area (Å²) in [5.74, 6) is 0. The van der Waals surface area contributed by atoms with Gasteiger partial charge in [0, 0.05) is 12.1 Å². The molecular formula is C10H17N. The lowest BCUT2D eigenvalue weighted by Gasteiger charge is -2.10. The SMILES string of the molecule is C=CC[C@@H]1CC[C@H](CC=C)N1. The molecule has 0 spiro atoms. The first-order valence-corrected chi connectivity index (χ1v) is 4.34. The Bertz CT molecular complexity index is 124. The Kier molecular flexibility index (Phi) is 3.37. The standard InChI is InChI=1S/C10H17N/c1-3-5-9-7-8-10(11-9)6-4-2/h3-4,9-11H,1-2,5-8H2/t9-,10+. The second-order valence-electron chi connectivity index (χ2n) is 3.19. The molecule has 62 valence electrons. The molecule has 1 aliphatic rings. The van der Waals surface area contributed by atoms with Crippen LogP contribution in [0.3, 0.4) is 0 Å². The van der Waals surface area contributed by atoms with E-state index in [-0.39, 0.29) is 0 Å². The van der Waals surface area contributed by atoms with Crippen molar-refractivity contribution in [2.45, 2.75) is 37.8 Å². The Morgan fingerprint density at radius 3 is 1.91 bits per heavy atom. The Balaban J connectivity index is 2.22. The highest BCUT2D eigenvalue weighted by molar-refractivity contribution is 4.90. The maximum absolute atomic E-state index is 3.74.